The van der Waals surface area contributed by atoms with Crippen LogP contribution in [0.5, 0.6) is 11.5 Å². The van der Waals surface area contributed by atoms with Gasteiger partial charge in [-0.3, -0.25) is 9.97 Å². The molecule has 5 heteroatoms. The van der Waals surface area contributed by atoms with Gasteiger partial charge in [-0.25, -0.2) is 0 Å². The topological polar surface area (TPSA) is 56.3 Å². The largest absolute Gasteiger partial charge is 0.493 e. The van der Waals surface area contributed by atoms with Crippen LogP contribution in [0.15, 0.2) is 30.6 Å². The molecule has 0 bridgehead atoms. The van der Waals surface area contributed by atoms with E-state index >= 15 is 0 Å². The van der Waals surface area contributed by atoms with Crippen LogP contribution in [0, 0.1) is 6.92 Å². The second-order valence-corrected chi connectivity index (χ2v) is 4.40. The molecule has 2 aromatic heterocycles. The van der Waals surface area contributed by atoms with Crippen molar-refractivity contribution in [3.05, 3.63) is 47.5 Å². The highest BCUT2D eigenvalue weighted by Gasteiger charge is 2.10. The Morgan fingerprint density at radius 2 is 1.90 bits per heavy atom. The molecule has 0 aliphatic heterocycles. The maximum atomic E-state index is 5.35. The quantitative estimate of drug-likeness (QED) is 0.873. The first kappa shape index (κ1) is 14.3. The van der Waals surface area contributed by atoms with Gasteiger partial charge in [0, 0.05) is 37.2 Å². The molecule has 0 saturated carbocycles. The lowest BCUT2D eigenvalue weighted by molar-refractivity contribution is 0.348. The van der Waals surface area contributed by atoms with Crippen LogP contribution in [0.3, 0.4) is 0 Å². The number of rotatable bonds is 6. The fraction of sp³-hybridized carbons (Fsp3) is 0.333. The van der Waals surface area contributed by atoms with Crippen molar-refractivity contribution >= 4 is 0 Å². The molecule has 0 unspecified atom stereocenters. The summed E-state index contributed by atoms with van der Waals surface area (Å²) in [5.74, 6) is 1.36. The molecule has 20 heavy (non-hydrogen) atoms. The van der Waals surface area contributed by atoms with Crippen LogP contribution in [0.4, 0.5) is 0 Å². The lowest BCUT2D eigenvalue weighted by Gasteiger charge is -2.12. The number of aromatic nitrogens is 2. The molecular formula is C15H19N3O2. The molecule has 5 nitrogen and oxygen atoms in total. The summed E-state index contributed by atoms with van der Waals surface area (Å²) < 4.78 is 10.6. The predicted molar refractivity (Wildman–Crippen MR) is 76.9 cm³/mol. The van der Waals surface area contributed by atoms with Gasteiger partial charge in [0.15, 0.2) is 11.5 Å². The fourth-order valence-corrected chi connectivity index (χ4v) is 1.90. The van der Waals surface area contributed by atoms with Crippen LogP contribution < -0.4 is 14.8 Å². The number of ether oxygens (including phenoxy) is 2. The number of methoxy groups -OCH3 is 2. The van der Waals surface area contributed by atoms with Crippen LogP contribution >= 0.6 is 0 Å². The molecule has 2 aromatic rings. The summed E-state index contributed by atoms with van der Waals surface area (Å²) in [7, 11) is 3.24. The molecule has 0 fully saturated rings. The summed E-state index contributed by atoms with van der Waals surface area (Å²) in [4.78, 5) is 8.59. The second kappa shape index (κ2) is 6.86. The van der Waals surface area contributed by atoms with Gasteiger partial charge in [-0.05, 0) is 18.6 Å². The van der Waals surface area contributed by atoms with Crippen molar-refractivity contribution in [2.45, 2.75) is 20.0 Å². The molecule has 0 radical (unpaired) electrons. The summed E-state index contributed by atoms with van der Waals surface area (Å²) in [6.07, 6.45) is 3.59. The van der Waals surface area contributed by atoms with Gasteiger partial charge in [0.2, 0.25) is 0 Å². The molecule has 1 N–H and O–H groups in total. The van der Waals surface area contributed by atoms with Crippen molar-refractivity contribution < 1.29 is 9.47 Å². The number of pyridine rings is 2. The van der Waals surface area contributed by atoms with Gasteiger partial charge in [-0.15, -0.1) is 0 Å². The molecule has 0 atom stereocenters. The summed E-state index contributed by atoms with van der Waals surface area (Å²) in [5.41, 5.74) is 2.98. The Morgan fingerprint density at radius 3 is 2.55 bits per heavy atom. The van der Waals surface area contributed by atoms with Crippen LogP contribution in [-0.4, -0.2) is 24.2 Å². The Hall–Kier alpha value is -2.14. The van der Waals surface area contributed by atoms with E-state index in [2.05, 4.69) is 21.4 Å². The molecule has 0 amide bonds. The van der Waals surface area contributed by atoms with Gasteiger partial charge >= 0.3 is 0 Å². The van der Waals surface area contributed by atoms with Crippen molar-refractivity contribution in [3.63, 3.8) is 0 Å². The van der Waals surface area contributed by atoms with Crippen molar-refractivity contribution in [2.24, 2.45) is 0 Å². The fourth-order valence-electron chi connectivity index (χ4n) is 1.90. The zero-order chi connectivity index (χ0) is 14.4. The Balaban J connectivity index is 1.98. The van der Waals surface area contributed by atoms with E-state index < -0.39 is 0 Å². The van der Waals surface area contributed by atoms with E-state index in [9.17, 15) is 0 Å². The number of nitrogens with zero attached hydrogens (tertiary/aromatic N) is 2. The maximum absolute atomic E-state index is 5.35. The zero-order valence-corrected chi connectivity index (χ0v) is 12.0. The van der Waals surface area contributed by atoms with Gasteiger partial charge in [0.25, 0.3) is 0 Å². The number of nitrogens with one attached hydrogen (secondary N) is 1. The Morgan fingerprint density at radius 1 is 1.05 bits per heavy atom. The van der Waals surface area contributed by atoms with Gasteiger partial charge in [0.05, 0.1) is 19.9 Å². The highest BCUT2D eigenvalue weighted by molar-refractivity contribution is 5.42. The molecule has 0 aliphatic rings. The first-order valence-electron chi connectivity index (χ1n) is 6.42. The third-order valence-corrected chi connectivity index (χ3v) is 2.96. The van der Waals surface area contributed by atoms with E-state index in [4.69, 9.17) is 9.47 Å². The van der Waals surface area contributed by atoms with E-state index in [0.29, 0.717) is 18.0 Å². The SMILES string of the molecule is COc1ccnc(CNCc2ccc(C)nc2)c1OC. The maximum Gasteiger partial charge on any atom is 0.183 e. The van der Waals surface area contributed by atoms with Crippen LogP contribution in [0.2, 0.25) is 0 Å². The summed E-state index contributed by atoms with van der Waals surface area (Å²) in [6, 6.07) is 5.85. The number of hydrogen-bond acceptors (Lipinski definition) is 5. The minimum absolute atomic E-state index is 0.605. The molecule has 0 spiro atoms. The van der Waals surface area contributed by atoms with E-state index in [1.54, 1.807) is 26.5 Å². The van der Waals surface area contributed by atoms with Crippen LogP contribution in [0.1, 0.15) is 17.0 Å². The standard InChI is InChI=1S/C15H19N3O2/c1-11-4-5-12(9-18-11)8-16-10-13-15(20-3)14(19-2)6-7-17-13/h4-7,9,16H,8,10H2,1-3H3. The Kier molecular flexibility index (Phi) is 4.90. The molecule has 0 aliphatic carbocycles. The molecule has 0 saturated heterocycles. The number of hydrogen-bond donors (Lipinski definition) is 1. The van der Waals surface area contributed by atoms with Gasteiger partial charge < -0.3 is 14.8 Å². The number of aryl methyl sites for hydroxylation is 1. The van der Waals surface area contributed by atoms with Crippen LogP contribution in [0.25, 0.3) is 0 Å². The summed E-state index contributed by atoms with van der Waals surface area (Å²) in [5, 5.41) is 3.33. The van der Waals surface area contributed by atoms with E-state index in [-0.39, 0.29) is 0 Å². The Bertz CT molecular complexity index is 556. The van der Waals surface area contributed by atoms with E-state index in [1.807, 2.05) is 19.2 Å². The van der Waals surface area contributed by atoms with Crippen molar-refractivity contribution in [3.8, 4) is 11.5 Å². The Labute approximate surface area is 119 Å². The van der Waals surface area contributed by atoms with E-state index in [1.165, 1.54) is 0 Å². The van der Waals surface area contributed by atoms with E-state index in [0.717, 1.165) is 23.5 Å². The normalized spacial score (nSPS) is 10.3. The average Bonchev–Trinajstić information content (AvgIpc) is 2.49. The second-order valence-electron chi connectivity index (χ2n) is 4.40. The van der Waals surface area contributed by atoms with Crippen molar-refractivity contribution in [1.82, 2.24) is 15.3 Å². The van der Waals surface area contributed by atoms with Crippen LogP contribution in [-0.2, 0) is 13.1 Å². The third-order valence-electron chi connectivity index (χ3n) is 2.96. The highest BCUT2D eigenvalue weighted by atomic mass is 16.5. The highest BCUT2D eigenvalue weighted by Crippen LogP contribution is 2.28. The minimum Gasteiger partial charge on any atom is -0.493 e. The molecule has 106 valence electrons. The van der Waals surface area contributed by atoms with Crippen molar-refractivity contribution in [1.29, 1.82) is 0 Å². The minimum atomic E-state index is 0.605. The first-order valence-corrected chi connectivity index (χ1v) is 6.42. The monoisotopic (exact) mass is 273 g/mol. The smallest absolute Gasteiger partial charge is 0.183 e. The first-order chi connectivity index (χ1) is 9.74. The van der Waals surface area contributed by atoms with Crippen molar-refractivity contribution in [2.75, 3.05) is 14.2 Å². The molecule has 0 aromatic carbocycles. The molecule has 2 rings (SSSR count). The van der Waals surface area contributed by atoms with Gasteiger partial charge in [0.1, 0.15) is 0 Å². The molecule has 2 heterocycles. The molecular weight excluding hydrogens is 254 g/mol. The lowest BCUT2D eigenvalue weighted by Crippen LogP contribution is -2.15. The summed E-state index contributed by atoms with van der Waals surface area (Å²) >= 11 is 0. The van der Waals surface area contributed by atoms with Gasteiger partial charge in [-0.1, -0.05) is 6.07 Å². The predicted octanol–water partition coefficient (Wildman–Crippen LogP) is 2.09. The average molecular weight is 273 g/mol. The van der Waals surface area contributed by atoms with Gasteiger partial charge in [-0.2, -0.15) is 0 Å². The third kappa shape index (κ3) is 3.45. The zero-order valence-electron chi connectivity index (χ0n) is 12.0. The summed E-state index contributed by atoms with van der Waals surface area (Å²) in [6.45, 7) is 3.31. The lowest BCUT2D eigenvalue weighted by atomic mass is 10.2.